The molecule has 1 heterocycles. The van der Waals surface area contributed by atoms with Crippen LogP contribution in [0, 0.1) is 11.8 Å². The summed E-state index contributed by atoms with van der Waals surface area (Å²) in [6, 6.07) is 8.18. The Kier molecular flexibility index (Phi) is 6.96. The number of para-hydroxylation sites is 1. The summed E-state index contributed by atoms with van der Waals surface area (Å²) in [5, 5.41) is 3.45. The van der Waals surface area contributed by atoms with Crippen molar-refractivity contribution in [2.24, 2.45) is 16.8 Å². The van der Waals surface area contributed by atoms with Crippen LogP contribution >= 0.6 is 0 Å². The number of ether oxygens (including phenoxy) is 2. The molecule has 2 aliphatic rings. The lowest BCUT2D eigenvalue weighted by molar-refractivity contribution is -0.149. The summed E-state index contributed by atoms with van der Waals surface area (Å²) in [5.74, 6) is 2.50. The van der Waals surface area contributed by atoms with E-state index in [1.54, 1.807) is 7.05 Å². The summed E-state index contributed by atoms with van der Waals surface area (Å²) in [5.41, 5.74) is 1.14. The van der Waals surface area contributed by atoms with E-state index in [4.69, 9.17) is 9.47 Å². The Labute approximate surface area is 161 Å². The average molecular weight is 373 g/mol. The Morgan fingerprint density at radius 1 is 1.22 bits per heavy atom. The molecule has 1 N–H and O–H groups in total. The van der Waals surface area contributed by atoms with Crippen molar-refractivity contribution in [3.63, 3.8) is 0 Å². The first-order chi connectivity index (χ1) is 13.2. The summed E-state index contributed by atoms with van der Waals surface area (Å²) in [6.07, 6.45) is 4.19. The lowest BCUT2D eigenvalue weighted by atomic mass is 9.97. The third-order valence-electron chi connectivity index (χ3n) is 5.21. The number of nitrogens with one attached hydrogen (secondary N) is 1. The summed E-state index contributed by atoms with van der Waals surface area (Å²) in [6.45, 7) is 5.40. The zero-order valence-corrected chi connectivity index (χ0v) is 16.4. The fourth-order valence-electron chi connectivity index (χ4n) is 3.38. The first kappa shape index (κ1) is 19.5. The highest BCUT2D eigenvalue weighted by Gasteiger charge is 2.27. The third kappa shape index (κ3) is 5.62. The average Bonchev–Trinajstić information content (AvgIpc) is 3.53. The van der Waals surface area contributed by atoms with Crippen molar-refractivity contribution in [3.05, 3.63) is 29.8 Å². The van der Waals surface area contributed by atoms with Crippen LogP contribution in [-0.2, 0) is 16.1 Å². The van der Waals surface area contributed by atoms with E-state index in [9.17, 15) is 4.79 Å². The lowest BCUT2D eigenvalue weighted by Crippen LogP contribution is -2.46. The van der Waals surface area contributed by atoms with Crippen molar-refractivity contribution in [2.45, 2.75) is 39.2 Å². The van der Waals surface area contributed by atoms with Crippen LogP contribution in [0.25, 0.3) is 0 Å². The highest BCUT2D eigenvalue weighted by Crippen LogP contribution is 2.30. The van der Waals surface area contributed by atoms with Gasteiger partial charge in [0.2, 0.25) is 0 Å². The molecule has 1 saturated heterocycles. The molecular weight excluding hydrogens is 342 g/mol. The molecule has 1 aliphatic heterocycles. The van der Waals surface area contributed by atoms with Crippen LogP contribution in [0.4, 0.5) is 0 Å². The zero-order chi connectivity index (χ0) is 19.1. The molecule has 1 aromatic carbocycles. The SMILES string of the molecule is CCOC(=O)C1CCN(C(=NC)NCc2ccccc2OCC2CC2)CC1. The Bertz CT molecular complexity index is 650. The number of guanidine groups is 1. The van der Waals surface area contributed by atoms with Crippen molar-refractivity contribution < 1.29 is 14.3 Å². The number of nitrogens with zero attached hydrogens (tertiary/aromatic N) is 2. The quantitative estimate of drug-likeness (QED) is 0.452. The molecule has 1 aromatic rings. The molecule has 0 atom stereocenters. The Balaban J connectivity index is 1.50. The summed E-state index contributed by atoms with van der Waals surface area (Å²) in [4.78, 5) is 18.5. The van der Waals surface area contributed by atoms with Gasteiger partial charge < -0.3 is 19.7 Å². The van der Waals surface area contributed by atoms with Gasteiger partial charge in [-0.15, -0.1) is 0 Å². The van der Waals surface area contributed by atoms with E-state index in [1.165, 1.54) is 12.8 Å². The van der Waals surface area contributed by atoms with Crippen LogP contribution < -0.4 is 10.1 Å². The van der Waals surface area contributed by atoms with E-state index in [0.29, 0.717) is 13.2 Å². The van der Waals surface area contributed by atoms with E-state index in [1.807, 2.05) is 25.1 Å². The van der Waals surface area contributed by atoms with Crippen molar-refractivity contribution >= 4 is 11.9 Å². The zero-order valence-electron chi connectivity index (χ0n) is 16.4. The molecule has 148 valence electrons. The predicted octanol–water partition coefficient (Wildman–Crippen LogP) is 2.83. The number of benzene rings is 1. The van der Waals surface area contributed by atoms with E-state index in [2.05, 4.69) is 21.3 Å². The van der Waals surface area contributed by atoms with E-state index >= 15 is 0 Å². The normalized spacial score (nSPS) is 18.3. The van der Waals surface area contributed by atoms with Crippen molar-refractivity contribution in [1.82, 2.24) is 10.2 Å². The molecule has 6 heteroatoms. The molecule has 0 amide bonds. The van der Waals surface area contributed by atoms with Crippen LogP contribution in [0.3, 0.4) is 0 Å². The van der Waals surface area contributed by atoms with Crippen LogP contribution in [0.5, 0.6) is 5.75 Å². The van der Waals surface area contributed by atoms with E-state index in [-0.39, 0.29) is 11.9 Å². The molecule has 1 aliphatic carbocycles. The first-order valence-electron chi connectivity index (χ1n) is 10.0. The second kappa shape index (κ2) is 9.62. The number of carbonyl (C=O) groups excluding carboxylic acids is 1. The molecule has 0 radical (unpaired) electrons. The minimum Gasteiger partial charge on any atom is -0.493 e. The third-order valence-corrected chi connectivity index (χ3v) is 5.21. The molecule has 0 aromatic heterocycles. The largest absolute Gasteiger partial charge is 0.493 e. The molecule has 0 unspecified atom stereocenters. The molecule has 6 nitrogen and oxygen atoms in total. The molecule has 0 spiro atoms. The van der Waals surface area contributed by atoms with Crippen LogP contribution in [0.2, 0.25) is 0 Å². The van der Waals surface area contributed by atoms with Crippen molar-refractivity contribution in [2.75, 3.05) is 33.4 Å². The Hall–Kier alpha value is -2.24. The molecular formula is C21H31N3O3. The van der Waals surface area contributed by atoms with Crippen LogP contribution in [0.1, 0.15) is 38.2 Å². The molecule has 1 saturated carbocycles. The van der Waals surface area contributed by atoms with Gasteiger partial charge in [0.05, 0.1) is 19.1 Å². The minimum absolute atomic E-state index is 0.0101. The maximum Gasteiger partial charge on any atom is 0.309 e. The number of carbonyl (C=O) groups is 1. The van der Waals surface area contributed by atoms with Crippen molar-refractivity contribution in [3.8, 4) is 5.75 Å². The first-order valence-corrected chi connectivity index (χ1v) is 10.0. The van der Waals surface area contributed by atoms with Gasteiger partial charge in [-0.3, -0.25) is 9.79 Å². The smallest absolute Gasteiger partial charge is 0.309 e. The summed E-state index contributed by atoms with van der Waals surface area (Å²) in [7, 11) is 1.80. The lowest BCUT2D eigenvalue weighted by Gasteiger charge is -2.33. The Morgan fingerprint density at radius 2 is 1.96 bits per heavy atom. The number of rotatable bonds is 7. The fourth-order valence-corrected chi connectivity index (χ4v) is 3.38. The van der Waals surface area contributed by atoms with Gasteiger partial charge in [-0.1, -0.05) is 18.2 Å². The van der Waals surface area contributed by atoms with Gasteiger partial charge in [-0.2, -0.15) is 0 Å². The molecule has 0 bridgehead atoms. The standard InChI is InChI=1S/C21H31N3O3/c1-3-26-20(25)17-10-12-24(13-11-17)21(22-2)23-14-18-6-4-5-7-19(18)27-15-16-8-9-16/h4-7,16-17H,3,8-15H2,1-2H3,(H,22,23). The second-order valence-corrected chi connectivity index (χ2v) is 7.28. The Morgan fingerprint density at radius 3 is 2.63 bits per heavy atom. The highest BCUT2D eigenvalue weighted by atomic mass is 16.5. The predicted molar refractivity (Wildman–Crippen MR) is 106 cm³/mol. The number of aliphatic imine (C=N–C) groups is 1. The fraction of sp³-hybridized carbons (Fsp3) is 0.619. The number of hydrogen-bond acceptors (Lipinski definition) is 4. The van der Waals surface area contributed by atoms with Gasteiger partial charge in [0.1, 0.15) is 5.75 Å². The van der Waals surface area contributed by atoms with Crippen LogP contribution in [0.15, 0.2) is 29.3 Å². The number of likely N-dealkylation sites (tertiary alicyclic amines) is 1. The minimum atomic E-state index is -0.0677. The monoisotopic (exact) mass is 373 g/mol. The highest BCUT2D eigenvalue weighted by molar-refractivity contribution is 5.80. The van der Waals surface area contributed by atoms with E-state index in [0.717, 1.165) is 55.7 Å². The van der Waals surface area contributed by atoms with Crippen molar-refractivity contribution in [1.29, 1.82) is 0 Å². The van der Waals surface area contributed by atoms with Gasteiger partial charge in [-0.05, 0) is 44.6 Å². The van der Waals surface area contributed by atoms with Gasteiger partial charge in [0.25, 0.3) is 0 Å². The molecule has 27 heavy (non-hydrogen) atoms. The molecule has 3 rings (SSSR count). The van der Waals surface area contributed by atoms with Gasteiger partial charge in [0, 0.05) is 32.2 Å². The summed E-state index contributed by atoms with van der Waals surface area (Å²) >= 11 is 0. The maximum atomic E-state index is 11.9. The maximum absolute atomic E-state index is 11.9. The molecule has 2 fully saturated rings. The van der Waals surface area contributed by atoms with Gasteiger partial charge >= 0.3 is 5.97 Å². The van der Waals surface area contributed by atoms with Gasteiger partial charge in [-0.25, -0.2) is 0 Å². The van der Waals surface area contributed by atoms with Crippen LogP contribution in [-0.4, -0.2) is 50.2 Å². The number of hydrogen-bond donors (Lipinski definition) is 1. The number of piperidine rings is 1. The van der Waals surface area contributed by atoms with E-state index < -0.39 is 0 Å². The topological polar surface area (TPSA) is 63.2 Å². The number of esters is 1. The second-order valence-electron chi connectivity index (χ2n) is 7.28. The summed E-state index contributed by atoms with van der Waals surface area (Å²) < 4.78 is 11.1. The van der Waals surface area contributed by atoms with Gasteiger partial charge in [0.15, 0.2) is 5.96 Å².